The minimum absolute atomic E-state index is 0.201. The van der Waals surface area contributed by atoms with Gasteiger partial charge in [-0.15, -0.1) is 0 Å². The van der Waals surface area contributed by atoms with Gasteiger partial charge in [0.15, 0.2) is 0 Å². The van der Waals surface area contributed by atoms with E-state index in [0.29, 0.717) is 23.6 Å². The first-order chi connectivity index (χ1) is 12.5. The van der Waals surface area contributed by atoms with E-state index in [-0.39, 0.29) is 11.8 Å². The summed E-state index contributed by atoms with van der Waals surface area (Å²) in [5.41, 5.74) is 8.01. The number of halogens is 1. The molecule has 2 aromatic rings. The fourth-order valence-corrected chi connectivity index (χ4v) is 2.76. The lowest BCUT2D eigenvalue weighted by atomic mass is 10.0. The second-order valence-electron chi connectivity index (χ2n) is 6.01. The number of hydrogen-bond acceptors (Lipinski definition) is 3. The molecule has 5 nitrogen and oxygen atoms in total. The molecule has 0 aliphatic rings. The number of benzene rings is 2. The molecule has 0 heterocycles. The van der Waals surface area contributed by atoms with Crippen molar-refractivity contribution in [3.8, 4) is 11.1 Å². The molecule has 0 spiro atoms. The molecule has 26 heavy (non-hydrogen) atoms. The van der Waals surface area contributed by atoms with Crippen LogP contribution in [-0.4, -0.2) is 31.4 Å². The molecule has 0 radical (unpaired) electrons. The molecule has 138 valence electrons. The quantitative estimate of drug-likeness (QED) is 0.622. The van der Waals surface area contributed by atoms with Gasteiger partial charge in [0.25, 0.3) is 5.91 Å². The van der Waals surface area contributed by atoms with Crippen molar-refractivity contribution in [3.63, 3.8) is 0 Å². The summed E-state index contributed by atoms with van der Waals surface area (Å²) in [6, 6.07) is 14.2. The number of nitrogens with one attached hydrogen (secondary N) is 2. The molecule has 0 aromatic heterocycles. The molecule has 2 rings (SSSR count). The van der Waals surface area contributed by atoms with E-state index < -0.39 is 6.04 Å². The first-order valence-electron chi connectivity index (χ1n) is 8.63. The van der Waals surface area contributed by atoms with Crippen LogP contribution in [0.4, 0.5) is 0 Å². The predicted molar refractivity (Wildman–Crippen MR) is 105 cm³/mol. The van der Waals surface area contributed by atoms with Crippen LogP contribution in [0.15, 0.2) is 48.5 Å². The molecular formula is C20H24ClN3O2. The second kappa shape index (κ2) is 9.94. The molecule has 0 unspecified atom stereocenters. The monoisotopic (exact) mass is 373 g/mol. The van der Waals surface area contributed by atoms with Crippen molar-refractivity contribution in [2.24, 2.45) is 5.73 Å². The van der Waals surface area contributed by atoms with Crippen molar-refractivity contribution < 1.29 is 9.59 Å². The van der Waals surface area contributed by atoms with E-state index in [2.05, 4.69) is 10.6 Å². The highest BCUT2D eigenvalue weighted by Crippen LogP contribution is 2.22. The number of nitrogens with two attached hydrogens (primary N) is 1. The van der Waals surface area contributed by atoms with Crippen molar-refractivity contribution in [1.82, 2.24) is 10.6 Å². The van der Waals surface area contributed by atoms with E-state index in [4.69, 9.17) is 17.3 Å². The minimum Gasteiger partial charge on any atom is -0.357 e. The molecule has 2 amide bonds. The van der Waals surface area contributed by atoms with E-state index in [1.165, 1.54) is 0 Å². The van der Waals surface area contributed by atoms with Crippen LogP contribution < -0.4 is 16.4 Å². The van der Waals surface area contributed by atoms with Crippen LogP contribution in [-0.2, 0) is 4.79 Å². The fraction of sp³-hybridized carbons (Fsp3) is 0.300. The maximum Gasteiger partial charge on any atom is 0.251 e. The summed E-state index contributed by atoms with van der Waals surface area (Å²) in [7, 11) is 1.56. The summed E-state index contributed by atoms with van der Waals surface area (Å²) < 4.78 is 0. The Morgan fingerprint density at radius 3 is 2.12 bits per heavy atom. The van der Waals surface area contributed by atoms with Crippen LogP contribution in [0.2, 0.25) is 5.02 Å². The Balaban J connectivity index is 2.05. The second-order valence-corrected chi connectivity index (χ2v) is 6.45. The number of unbranched alkanes of at least 4 members (excludes halogenated alkanes) is 1. The Morgan fingerprint density at radius 2 is 1.58 bits per heavy atom. The average Bonchev–Trinajstić information content (AvgIpc) is 2.67. The normalized spacial score (nSPS) is 11.7. The highest BCUT2D eigenvalue weighted by Gasteiger charge is 2.19. The number of likely N-dealkylation sites (N-methyl/N-ethyl adjacent to an activating group) is 1. The largest absolute Gasteiger partial charge is 0.357 e. The number of carbonyl (C=O) groups is 2. The number of amides is 2. The molecular weight excluding hydrogens is 350 g/mol. The molecule has 0 aliphatic heterocycles. The van der Waals surface area contributed by atoms with Gasteiger partial charge in [-0.2, -0.15) is 0 Å². The molecule has 1 atom stereocenters. The Morgan fingerprint density at radius 1 is 1.00 bits per heavy atom. The first-order valence-corrected chi connectivity index (χ1v) is 9.01. The molecule has 0 bridgehead atoms. The van der Waals surface area contributed by atoms with E-state index in [1.54, 1.807) is 19.2 Å². The van der Waals surface area contributed by atoms with Crippen molar-refractivity contribution in [1.29, 1.82) is 0 Å². The van der Waals surface area contributed by atoms with Crippen LogP contribution in [0.25, 0.3) is 11.1 Å². The van der Waals surface area contributed by atoms with E-state index >= 15 is 0 Å². The topological polar surface area (TPSA) is 84.2 Å². The molecule has 0 fully saturated rings. The van der Waals surface area contributed by atoms with Crippen molar-refractivity contribution in [2.75, 3.05) is 13.6 Å². The summed E-state index contributed by atoms with van der Waals surface area (Å²) >= 11 is 5.90. The highest BCUT2D eigenvalue weighted by molar-refractivity contribution is 6.30. The van der Waals surface area contributed by atoms with Crippen LogP contribution in [0.3, 0.4) is 0 Å². The maximum atomic E-state index is 12.5. The van der Waals surface area contributed by atoms with Gasteiger partial charge in [-0.1, -0.05) is 35.9 Å². The van der Waals surface area contributed by atoms with Crippen LogP contribution in [0.5, 0.6) is 0 Å². The molecule has 0 saturated heterocycles. The van der Waals surface area contributed by atoms with Gasteiger partial charge in [-0.05, 0) is 61.2 Å². The van der Waals surface area contributed by atoms with Gasteiger partial charge in [0, 0.05) is 17.6 Å². The van der Waals surface area contributed by atoms with Crippen molar-refractivity contribution in [2.45, 2.75) is 25.3 Å². The van der Waals surface area contributed by atoms with Gasteiger partial charge < -0.3 is 16.4 Å². The van der Waals surface area contributed by atoms with Gasteiger partial charge in [0.05, 0.1) is 0 Å². The number of rotatable bonds is 8. The third-order valence-corrected chi connectivity index (χ3v) is 4.39. The van der Waals surface area contributed by atoms with E-state index in [9.17, 15) is 9.59 Å². The predicted octanol–water partition coefficient (Wildman–Crippen LogP) is 2.98. The summed E-state index contributed by atoms with van der Waals surface area (Å²) in [5, 5.41) is 6.07. The summed E-state index contributed by atoms with van der Waals surface area (Å²) in [4.78, 5) is 24.4. The summed E-state index contributed by atoms with van der Waals surface area (Å²) in [6.07, 6.45) is 2.16. The Bertz CT molecular complexity index is 730. The van der Waals surface area contributed by atoms with Gasteiger partial charge in [0.1, 0.15) is 6.04 Å². The molecule has 0 aliphatic carbocycles. The van der Waals surface area contributed by atoms with E-state index in [0.717, 1.165) is 24.0 Å². The van der Waals surface area contributed by atoms with Crippen LogP contribution in [0.1, 0.15) is 29.6 Å². The van der Waals surface area contributed by atoms with Crippen molar-refractivity contribution in [3.05, 3.63) is 59.1 Å². The zero-order valence-corrected chi connectivity index (χ0v) is 15.6. The molecule has 4 N–H and O–H groups in total. The SMILES string of the molecule is CNC(=O)[C@H](CCCCN)NC(=O)c1ccc(-c2ccc(Cl)cc2)cc1. The van der Waals surface area contributed by atoms with Crippen LogP contribution >= 0.6 is 11.6 Å². The lowest BCUT2D eigenvalue weighted by Gasteiger charge is -2.17. The van der Waals surface area contributed by atoms with Crippen LogP contribution in [0, 0.1) is 0 Å². The summed E-state index contributed by atoms with van der Waals surface area (Å²) in [5.74, 6) is -0.470. The number of hydrogen-bond donors (Lipinski definition) is 3. The van der Waals surface area contributed by atoms with Crippen molar-refractivity contribution >= 4 is 23.4 Å². The zero-order chi connectivity index (χ0) is 18.9. The molecule has 2 aromatic carbocycles. The molecule has 6 heteroatoms. The third-order valence-electron chi connectivity index (χ3n) is 4.14. The smallest absolute Gasteiger partial charge is 0.251 e. The lowest BCUT2D eigenvalue weighted by molar-refractivity contribution is -0.122. The average molecular weight is 374 g/mol. The van der Waals surface area contributed by atoms with Gasteiger partial charge in [-0.3, -0.25) is 9.59 Å². The zero-order valence-electron chi connectivity index (χ0n) is 14.8. The summed E-state index contributed by atoms with van der Waals surface area (Å²) in [6.45, 7) is 0.570. The maximum absolute atomic E-state index is 12.5. The Labute approximate surface area is 158 Å². The Kier molecular flexibility index (Phi) is 7.63. The standard InChI is InChI=1S/C20H24ClN3O2/c1-23-20(26)18(4-2-3-13-22)24-19(25)16-7-5-14(6-8-16)15-9-11-17(21)12-10-15/h5-12,18H,2-4,13,22H2,1H3,(H,23,26)(H,24,25)/t18-/m0/s1. The third kappa shape index (κ3) is 5.58. The molecule has 0 saturated carbocycles. The van der Waals surface area contributed by atoms with Gasteiger partial charge in [0.2, 0.25) is 5.91 Å². The van der Waals surface area contributed by atoms with E-state index in [1.807, 2.05) is 36.4 Å². The Hall–Kier alpha value is -2.37. The minimum atomic E-state index is -0.560. The van der Waals surface area contributed by atoms with Gasteiger partial charge >= 0.3 is 0 Å². The fourth-order valence-electron chi connectivity index (χ4n) is 2.63. The highest BCUT2D eigenvalue weighted by atomic mass is 35.5. The van der Waals surface area contributed by atoms with Gasteiger partial charge in [-0.25, -0.2) is 0 Å². The number of carbonyl (C=O) groups excluding carboxylic acids is 2. The first kappa shape index (κ1) is 19.9. The lowest BCUT2D eigenvalue weighted by Crippen LogP contribution is -2.45.